The third-order valence-electron chi connectivity index (χ3n) is 8.70. The van der Waals surface area contributed by atoms with Gasteiger partial charge >= 0.3 is 0 Å². The molecular formula is C34H35N5O4. The first-order valence-corrected chi connectivity index (χ1v) is 14.8. The number of amides is 3. The highest BCUT2D eigenvalue weighted by Crippen LogP contribution is 2.46. The third kappa shape index (κ3) is 5.22. The number of carbonyl (C=O) groups excluding carboxylic acids is 3. The van der Waals surface area contributed by atoms with Crippen molar-refractivity contribution in [2.45, 2.75) is 63.1 Å². The predicted octanol–water partition coefficient (Wildman–Crippen LogP) is 4.79. The lowest BCUT2D eigenvalue weighted by molar-refractivity contribution is -0.136. The minimum Gasteiger partial charge on any atom is -0.490 e. The monoisotopic (exact) mass is 577 g/mol. The molecule has 43 heavy (non-hydrogen) atoms. The van der Waals surface area contributed by atoms with Crippen LogP contribution >= 0.6 is 0 Å². The Morgan fingerprint density at radius 2 is 1.98 bits per heavy atom. The maximum atomic E-state index is 14.3. The molecule has 1 saturated heterocycles. The summed E-state index contributed by atoms with van der Waals surface area (Å²) >= 11 is 0. The lowest BCUT2D eigenvalue weighted by atomic mass is 9.80. The fourth-order valence-corrected chi connectivity index (χ4v) is 6.27. The average molecular weight is 578 g/mol. The Hall–Kier alpha value is -4.71. The second-order valence-electron chi connectivity index (χ2n) is 12.2. The number of aromatic nitrogens is 1. The van der Waals surface area contributed by atoms with E-state index in [2.05, 4.69) is 16.4 Å². The van der Waals surface area contributed by atoms with E-state index < -0.39 is 17.5 Å². The number of ether oxygens (including phenoxy) is 1. The molecule has 6 rings (SSSR count). The van der Waals surface area contributed by atoms with Crippen LogP contribution in [0.3, 0.4) is 0 Å². The van der Waals surface area contributed by atoms with Crippen LogP contribution in [0.2, 0.25) is 0 Å². The van der Waals surface area contributed by atoms with Crippen LogP contribution in [0.1, 0.15) is 55.5 Å². The molecule has 0 radical (unpaired) electrons. The maximum absolute atomic E-state index is 14.3. The molecule has 2 fully saturated rings. The number of fused-ring (bicyclic) bond motifs is 2. The fraction of sp³-hybridized carbons (Fsp3) is 0.382. The van der Waals surface area contributed by atoms with E-state index in [1.54, 1.807) is 31.6 Å². The van der Waals surface area contributed by atoms with Crippen LogP contribution in [0.15, 0.2) is 67.0 Å². The Labute approximate surface area is 251 Å². The number of likely N-dealkylation sites (N-methyl/N-ethyl adjacent to an activating group) is 1. The van der Waals surface area contributed by atoms with E-state index in [4.69, 9.17) is 4.74 Å². The standard InChI is InChI=1S/C34H35N5O4/c1-21(2)15-29(32(41)39-20-34(17-24(39)18-35)27-8-4-5-9-28(27)37-33(34)42)38(3)31(40)22-10-13-30(43-25-11-12-25)26(16-22)23-7-6-14-36-19-23/h4-10,13-14,16,19,21,24-25,29H,11-12,15,17,20H2,1-3H3,(H,37,42)/t24-,29-,34-/m0/s1. The molecule has 3 heterocycles. The van der Waals surface area contributed by atoms with Crippen molar-refractivity contribution < 1.29 is 19.1 Å². The first-order chi connectivity index (χ1) is 20.7. The summed E-state index contributed by atoms with van der Waals surface area (Å²) in [6.07, 6.45) is 6.23. The van der Waals surface area contributed by atoms with Gasteiger partial charge in [0.15, 0.2) is 0 Å². The number of nitrogens with one attached hydrogen (secondary N) is 1. The summed E-state index contributed by atoms with van der Waals surface area (Å²) in [5.41, 5.74) is 2.54. The third-order valence-corrected chi connectivity index (χ3v) is 8.70. The molecule has 1 saturated carbocycles. The first-order valence-electron chi connectivity index (χ1n) is 14.8. The molecular weight excluding hydrogens is 542 g/mol. The van der Waals surface area contributed by atoms with Gasteiger partial charge in [-0.3, -0.25) is 19.4 Å². The van der Waals surface area contributed by atoms with E-state index in [-0.39, 0.29) is 42.7 Å². The van der Waals surface area contributed by atoms with Crippen LogP contribution in [0.4, 0.5) is 5.69 Å². The van der Waals surface area contributed by atoms with Gasteiger partial charge in [-0.25, -0.2) is 0 Å². The zero-order valence-corrected chi connectivity index (χ0v) is 24.6. The number of pyridine rings is 1. The van der Waals surface area contributed by atoms with Crippen molar-refractivity contribution in [1.82, 2.24) is 14.8 Å². The Morgan fingerprint density at radius 1 is 1.19 bits per heavy atom. The van der Waals surface area contributed by atoms with Crippen molar-refractivity contribution in [2.24, 2.45) is 5.92 Å². The molecule has 3 aromatic rings. The highest BCUT2D eigenvalue weighted by atomic mass is 16.5. The quantitative estimate of drug-likeness (QED) is 0.412. The Bertz CT molecular complexity index is 1610. The molecule has 220 valence electrons. The number of benzene rings is 2. The van der Waals surface area contributed by atoms with Gasteiger partial charge in [-0.15, -0.1) is 0 Å². The van der Waals surface area contributed by atoms with Crippen LogP contribution in [0, 0.1) is 17.2 Å². The maximum Gasteiger partial charge on any atom is 0.254 e. The van der Waals surface area contributed by atoms with E-state index in [1.165, 1.54) is 9.80 Å². The van der Waals surface area contributed by atoms with E-state index in [9.17, 15) is 19.6 Å². The summed E-state index contributed by atoms with van der Waals surface area (Å²) in [6.45, 7) is 4.08. The first kappa shape index (κ1) is 28.4. The number of likely N-dealkylation sites (tertiary alicyclic amines) is 1. The number of carbonyl (C=O) groups is 3. The number of anilines is 1. The summed E-state index contributed by atoms with van der Waals surface area (Å²) in [6, 6.07) is 17.2. The van der Waals surface area contributed by atoms with Crippen LogP contribution in [-0.4, -0.2) is 64.3 Å². The van der Waals surface area contributed by atoms with Gasteiger partial charge in [-0.1, -0.05) is 38.1 Å². The van der Waals surface area contributed by atoms with Gasteiger partial charge in [0.1, 0.15) is 17.8 Å². The van der Waals surface area contributed by atoms with E-state index in [0.29, 0.717) is 23.4 Å². The largest absolute Gasteiger partial charge is 0.490 e. The van der Waals surface area contributed by atoms with Crippen molar-refractivity contribution in [2.75, 3.05) is 18.9 Å². The van der Waals surface area contributed by atoms with Crippen LogP contribution in [0.25, 0.3) is 11.1 Å². The van der Waals surface area contributed by atoms with Gasteiger partial charge in [0, 0.05) is 54.8 Å². The van der Waals surface area contributed by atoms with E-state index in [1.807, 2.05) is 56.3 Å². The molecule has 9 heteroatoms. The molecule has 3 aliphatic rings. The Balaban J connectivity index is 1.30. The molecule has 3 atom stereocenters. The van der Waals surface area contributed by atoms with Crippen LogP contribution < -0.4 is 10.1 Å². The lowest BCUT2D eigenvalue weighted by Crippen LogP contribution is -2.52. The number of nitrogens with zero attached hydrogens (tertiary/aromatic N) is 4. The van der Waals surface area contributed by atoms with Crippen molar-refractivity contribution in [3.63, 3.8) is 0 Å². The summed E-state index contributed by atoms with van der Waals surface area (Å²) < 4.78 is 6.14. The zero-order chi connectivity index (χ0) is 30.3. The fourth-order valence-electron chi connectivity index (χ4n) is 6.27. The van der Waals surface area contributed by atoms with Crippen LogP contribution in [0.5, 0.6) is 5.75 Å². The molecule has 0 bridgehead atoms. The van der Waals surface area contributed by atoms with Crippen LogP contribution in [-0.2, 0) is 15.0 Å². The predicted molar refractivity (Wildman–Crippen MR) is 161 cm³/mol. The number of hydrogen-bond donors (Lipinski definition) is 1. The van der Waals surface area contributed by atoms with Crippen molar-refractivity contribution in [3.8, 4) is 22.9 Å². The molecule has 3 amide bonds. The van der Waals surface area contributed by atoms with Gasteiger partial charge in [-0.2, -0.15) is 5.26 Å². The van der Waals surface area contributed by atoms with Gasteiger partial charge in [0.05, 0.1) is 17.6 Å². The zero-order valence-electron chi connectivity index (χ0n) is 24.6. The summed E-state index contributed by atoms with van der Waals surface area (Å²) in [5, 5.41) is 13.0. The normalized spacial score (nSPS) is 21.3. The summed E-state index contributed by atoms with van der Waals surface area (Å²) in [7, 11) is 1.64. The van der Waals surface area contributed by atoms with Gasteiger partial charge < -0.3 is 19.9 Å². The van der Waals surface area contributed by atoms with E-state index >= 15 is 0 Å². The summed E-state index contributed by atoms with van der Waals surface area (Å²) in [4.78, 5) is 48.8. The summed E-state index contributed by atoms with van der Waals surface area (Å²) in [5.74, 6) is -0.0544. The average Bonchev–Trinajstić information content (AvgIpc) is 3.68. The second-order valence-corrected chi connectivity index (χ2v) is 12.2. The Morgan fingerprint density at radius 3 is 2.67 bits per heavy atom. The smallest absolute Gasteiger partial charge is 0.254 e. The Kier molecular flexibility index (Phi) is 7.38. The highest BCUT2D eigenvalue weighted by Gasteiger charge is 2.56. The topological polar surface area (TPSA) is 116 Å². The molecule has 1 spiro atoms. The number of nitriles is 1. The minimum atomic E-state index is -0.992. The van der Waals surface area contributed by atoms with E-state index in [0.717, 1.165) is 29.5 Å². The molecule has 1 N–H and O–H groups in total. The number of rotatable bonds is 8. The molecule has 1 aromatic heterocycles. The molecule has 2 aromatic carbocycles. The lowest BCUT2D eigenvalue weighted by Gasteiger charge is -2.33. The van der Waals surface area contributed by atoms with Gasteiger partial charge in [-0.05, 0) is 61.1 Å². The van der Waals surface area contributed by atoms with Gasteiger partial charge in [0.2, 0.25) is 11.8 Å². The highest BCUT2D eigenvalue weighted by molar-refractivity contribution is 6.07. The SMILES string of the molecule is CC(C)C[C@@H](C(=O)N1C[C@]2(C[C@H]1C#N)C(=O)Nc1ccccc12)N(C)C(=O)c1ccc(OC2CC2)c(-c2cccnc2)c1. The van der Waals surface area contributed by atoms with Gasteiger partial charge in [0.25, 0.3) is 5.91 Å². The molecule has 0 unspecified atom stereocenters. The molecule has 1 aliphatic carbocycles. The second kappa shape index (κ2) is 11.2. The number of hydrogen-bond acceptors (Lipinski definition) is 6. The molecule has 9 nitrogen and oxygen atoms in total. The number of para-hydroxylation sites is 1. The molecule has 2 aliphatic heterocycles. The minimum absolute atomic E-state index is 0.0852. The van der Waals surface area contributed by atoms with Crippen molar-refractivity contribution in [1.29, 1.82) is 5.26 Å². The van der Waals surface area contributed by atoms with Crippen molar-refractivity contribution >= 4 is 23.4 Å². The van der Waals surface area contributed by atoms with Crippen molar-refractivity contribution in [3.05, 3.63) is 78.1 Å².